The number of esters is 1. The van der Waals surface area contributed by atoms with E-state index >= 15 is 0 Å². The van der Waals surface area contributed by atoms with Gasteiger partial charge in [0.1, 0.15) is 30.5 Å². The zero-order chi connectivity index (χ0) is 37.2. The molecule has 1 heterocycles. The zero-order valence-electron chi connectivity index (χ0n) is 32.4. The Balaban J connectivity index is 2.31. The SMILES string of the molecule is CC/C=C\C/C=C\C/C=C\CCCCCCCCOCC(COC1OC(CO)C(O)C(O)C1O)OC(=O)CCCCCCCCCCCCCC. The number of hydrogen-bond acceptors (Lipinski definition) is 9. The van der Waals surface area contributed by atoms with Gasteiger partial charge in [0.15, 0.2) is 6.29 Å². The van der Waals surface area contributed by atoms with Crippen molar-refractivity contribution in [2.45, 2.75) is 198 Å². The summed E-state index contributed by atoms with van der Waals surface area (Å²) in [6.45, 7) is 4.41. The molecule has 1 fully saturated rings. The number of allylic oxidation sites excluding steroid dienone is 6. The van der Waals surface area contributed by atoms with E-state index in [1.807, 2.05) is 0 Å². The van der Waals surface area contributed by atoms with Gasteiger partial charge in [-0.1, -0.05) is 147 Å². The molecule has 298 valence electrons. The Morgan fingerprint density at radius 2 is 1.20 bits per heavy atom. The molecule has 0 bridgehead atoms. The number of aliphatic hydroxyl groups excluding tert-OH is 4. The monoisotopic (exact) mass is 725 g/mol. The summed E-state index contributed by atoms with van der Waals surface area (Å²) in [5.74, 6) is -0.320. The van der Waals surface area contributed by atoms with E-state index in [4.69, 9.17) is 18.9 Å². The molecule has 1 rings (SSSR count). The number of unbranched alkanes of at least 4 members (excludes halogenated alkanes) is 17. The minimum absolute atomic E-state index is 0.117. The minimum Gasteiger partial charge on any atom is -0.457 e. The summed E-state index contributed by atoms with van der Waals surface area (Å²) in [5.41, 5.74) is 0. The highest BCUT2D eigenvalue weighted by Crippen LogP contribution is 2.22. The molecular weight excluding hydrogens is 648 g/mol. The van der Waals surface area contributed by atoms with Gasteiger partial charge in [0, 0.05) is 13.0 Å². The van der Waals surface area contributed by atoms with E-state index in [0.29, 0.717) is 13.0 Å². The Kier molecular flexibility index (Phi) is 31.8. The van der Waals surface area contributed by atoms with Gasteiger partial charge in [-0.25, -0.2) is 0 Å². The van der Waals surface area contributed by atoms with Crippen LogP contribution >= 0.6 is 0 Å². The number of carbonyl (C=O) groups excluding carboxylic acids is 1. The lowest BCUT2D eigenvalue weighted by molar-refractivity contribution is -0.305. The molecule has 6 atom stereocenters. The van der Waals surface area contributed by atoms with Crippen LogP contribution in [0.5, 0.6) is 0 Å². The summed E-state index contributed by atoms with van der Waals surface area (Å²) >= 11 is 0. The Morgan fingerprint density at radius 3 is 1.80 bits per heavy atom. The first-order chi connectivity index (χ1) is 24.9. The lowest BCUT2D eigenvalue weighted by atomic mass is 9.99. The first-order valence-corrected chi connectivity index (χ1v) is 20.6. The van der Waals surface area contributed by atoms with E-state index < -0.39 is 43.4 Å². The average Bonchev–Trinajstić information content (AvgIpc) is 3.13. The van der Waals surface area contributed by atoms with Crippen LogP contribution < -0.4 is 0 Å². The molecule has 0 radical (unpaired) electrons. The summed E-state index contributed by atoms with van der Waals surface area (Å²) in [6, 6.07) is 0. The van der Waals surface area contributed by atoms with E-state index in [1.165, 1.54) is 77.0 Å². The second-order valence-corrected chi connectivity index (χ2v) is 14.1. The number of hydrogen-bond donors (Lipinski definition) is 4. The Labute approximate surface area is 310 Å². The molecule has 1 aliphatic heterocycles. The predicted molar refractivity (Wildman–Crippen MR) is 205 cm³/mol. The lowest BCUT2D eigenvalue weighted by Crippen LogP contribution is -2.59. The van der Waals surface area contributed by atoms with Crippen molar-refractivity contribution in [3.05, 3.63) is 36.5 Å². The maximum atomic E-state index is 12.7. The quantitative estimate of drug-likeness (QED) is 0.0293. The van der Waals surface area contributed by atoms with Gasteiger partial charge in [0.05, 0.1) is 19.8 Å². The van der Waals surface area contributed by atoms with Gasteiger partial charge < -0.3 is 39.4 Å². The second kappa shape index (κ2) is 34.2. The highest BCUT2D eigenvalue weighted by molar-refractivity contribution is 5.69. The number of rotatable bonds is 34. The molecular formula is C42H76O9. The molecule has 9 heteroatoms. The molecule has 0 aromatic heterocycles. The summed E-state index contributed by atoms with van der Waals surface area (Å²) in [4.78, 5) is 12.7. The van der Waals surface area contributed by atoms with Crippen LogP contribution in [-0.4, -0.2) is 89.6 Å². The van der Waals surface area contributed by atoms with Crippen LogP contribution in [0.4, 0.5) is 0 Å². The Hall–Kier alpha value is -1.59. The van der Waals surface area contributed by atoms with Crippen molar-refractivity contribution < 1.29 is 44.2 Å². The van der Waals surface area contributed by atoms with Crippen molar-refractivity contribution in [3.63, 3.8) is 0 Å². The summed E-state index contributed by atoms with van der Waals surface area (Å²) < 4.78 is 22.7. The van der Waals surface area contributed by atoms with Crippen molar-refractivity contribution in [1.29, 1.82) is 0 Å². The topological polar surface area (TPSA) is 135 Å². The van der Waals surface area contributed by atoms with Gasteiger partial charge in [0.2, 0.25) is 0 Å². The van der Waals surface area contributed by atoms with Crippen molar-refractivity contribution in [1.82, 2.24) is 0 Å². The lowest BCUT2D eigenvalue weighted by Gasteiger charge is -2.39. The van der Waals surface area contributed by atoms with Crippen LogP contribution in [0.2, 0.25) is 0 Å². The molecule has 0 aromatic rings. The largest absolute Gasteiger partial charge is 0.457 e. The van der Waals surface area contributed by atoms with Gasteiger partial charge in [-0.05, 0) is 44.9 Å². The van der Waals surface area contributed by atoms with Gasteiger partial charge in [-0.3, -0.25) is 4.79 Å². The minimum atomic E-state index is -1.54. The fourth-order valence-electron chi connectivity index (χ4n) is 6.09. The van der Waals surface area contributed by atoms with Gasteiger partial charge in [0.25, 0.3) is 0 Å². The van der Waals surface area contributed by atoms with Crippen LogP contribution in [0.25, 0.3) is 0 Å². The standard InChI is InChI=1S/C42H76O9/c1-3-5-7-9-11-13-15-17-18-19-20-22-24-26-28-30-32-48-34-36(35-49-42-41(47)40(46)39(45)37(33-43)51-42)50-38(44)31-29-27-25-23-21-16-14-12-10-8-6-4-2/h5,7,11,13,17-18,36-37,39-43,45-47H,3-4,6,8-10,12,14-16,19-35H2,1-2H3/b7-5-,13-11-,18-17-. The van der Waals surface area contributed by atoms with E-state index in [1.54, 1.807) is 0 Å². The summed E-state index contributed by atoms with van der Waals surface area (Å²) in [6.07, 6.45) is 31.7. The van der Waals surface area contributed by atoms with Crippen molar-refractivity contribution in [2.75, 3.05) is 26.4 Å². The molecule has 0 aliphatic carbocycles. The Bertz CT molecular complexity index is 874. The van der Waals surface area contributed by atoms with Crippen LogP contribution in [0.3, 0.4) is 0 Å². The third-order valence-electron chi connectivity index (χ3n) is 9.32. The molecule has 4 N–H and O–H groups in total. The first kappa shape index (κ1) is 47.4. The van der Waals surface area contributed by atoms with Crippen molar-refractivity contribution in [3.8, 4) is 0 Å². The van der Waals surface area contributed by atoms with Gasteiger partial charge in [-0.2, -0.15) is 0 Å². The third kappa shape index (κ3) is 25.9. The zero-order valence-corrected chi connectivity index (χ0v) is 32.4. The van der Waals surface area contributed by atoms with Gasteiger partial charge >= 0.3 is 5.97 Å². The summed E-state index contributed by atoms with van der Waals surface area (Å²) in [5, 5.41) is 40.0. The van der Waals surface area contributed by atoms with Crippen molar-refractivity contribution >= 4 is 5.97 Å². The molecule has 0 amide bonds. The maximum absolute atomic E-state index is 12.7. The van der Waals surface area contributed by atoms with Crippen LogP contribution in [-0.2, 0) is 23.7 Å². The highest BCUT2D eigenvalue weighted by atomic mass is 16.7. The molecule has 1 saturated heterocycles. The summed E-state index contributed by atoms with van der Waals surface area (Å²) in [7, 11) is 0. The van der Waals surface area contributed by atoms with E-state index in [-0.39, 0.29) is 19.2 Å². The molecule has 9 nitrogen and oxygen atoms in total. The van der Waals surface area contributed by atoms with Crippen LogP contribution in [0, 0.1) is 0 Å². The fraction of sp³-hybridized carbons (Fsp3) is 0.833. The van der Waals surface area contributed by atoms with E-state index in [0.717, 1.165) is 64.2 Å². The predicted octanol–water partition coefficient (Wildman–Crippen LogP) is 8.41. The molecule has 1 aliphatic rings. The van der Waals surface area contributed by atoms with Gasteiger partial charge in [-0.15, -0.1) is 0 Å². The van der Waals surface area contributed by atoms with E-state index in [9.17, 15) is 25.2 Å². The highest BCUT2D eigenvalue weighted by Gasteiger charge is 2.44. The maximum Gasteiger partial charge on any atom is 0.306 e. The van der Waals surface area contributed by atoms with Crippen LogP contribution in [0.1, 0.15) is 162 Å². The molecule has 51 heavy (non-hydrogen) atoms. The Morgan fingerprint density at radius 1 is 0.647 bits per heavy atom. The smallest absolute Gasteiger partial charge is 0.306 e. The molecule has 6 unspecified atom stereocenters. The average molecular weight is 725 g/mol. The van der Waals surface area contributed by atoms with E-state index in [2.05, 4.69) is 50.3 Å². The van der Waals surface area contributed by atoms with Crippen molar-refractivity contribution in [2.24, 2.45) is 0 Å². The fourth-order valence-corrected chi connectivity index (χ4v) is 6.09. The molecule has 0 spiro atoms. The second-order valence-electron chi connectivity index (χ2n) is 14.1. The number of aliphatic hydroxyl groups is 4. The molecule has 0 aromatic carbocycles. The molecule has 0 saturated carbocycles. The number of ether oxygens (including phenoxy) is 4. The van der Waals surface area contributed by atoms with Crippen LogP contribution in [0.15, 0.2) is 36.5 Å². The number of carbonyl (C=O) groups is 1. The normalized spacial score (nSPS) is 21.7. The first-order valence-electron chi connectivity index (χ1n) is 20.6. The third-order valence-corrected chi connectivity index (χ3v) is 9.32.